The van der Waals surface area contributed by atoms with Crippen molar-refractivity contribution in [2.24, 2.45) is 0 Å². The van der Waals surface area contributed by atoms with Crippen LogP contribution in [0.15, 0.2) is 35.2 Å². The predicted octanol–water partition coefficient (Wildman–Crippen LogP) is 4.15. The zero-order valence-corrected chi connectivity index (χ0v) is 13.8. The van der Waals surface area contributed by atoms with E-state index in [0.717, 1.165) is 12.1 Å². The van der Waals surface area contributed by atoms with Gasteiger partial charge in [0.2, 0.25) is 0 Å². The Bertz CT molecular complexity index is 903. The maximum absolute atomic E-state index is 13.8. The molecule has 0 atom stereocenters. The first-order valence-corrected chi connectivity index (χ1v) is 8.29. The lowest BCUT2D eigenvalue weighted by molar-refractivity contribution is -0.385. The molecule has 6 nitrogen and oxygen atoms in total. The number of anilines is 1. The van der Waals surface area contributed by atoms with Crippen molar-refractivity contribution < 1.29 is 17.7 Å². The van der Waals surface area contributed by atoms with Crippen molar-refractivity contribution in [3.63, 3.8) is 0 Å². The second-order valence-corrected chi connectivity index (χ2v) is 7.01. The predicted molar refractivity (Wildman–Crippen MR) is 85.1 cm³/mol. The minimum atomic E-state index is -4.29. The van der Waals surface area contributed by atoms with Crippen molar-refractivity contribution in [1.82, 2.24) is 0 Å². The Hall–Kier alpha value is -1.90. The van der Waals surface area contributed by atoms with Crippen LogP contribution >= 0.6 is 23.2 Å². The summed E-state index contributed by atoms with van der Waals surface area (Å²) in [5, 5.41) is 10.6. The molecule has 0 unspecified atom stereocenters. The summed E-state index contributed by atoms with van der Waals surface area (Å²) in [5.41, 5.74) is -0.703. The molecule has 0 aliphatic rings. The normalized spacial score (nSPS) is 11.3. The molecule has 0 aliphatic carbocycles. The van der Waals surface area contributed by atoms with Gasteiger partial charge in [0.25, 0.3) is 15.7 Å². The number of nitro benzene ring substituents is 1. The largest absolute Gasteiger partial charge is 0.277 e. The van der Waals surface area contributed by atoms with Crippen molar-refractivity contribution in [2.75, 3.05) is 4.72 Å². The fourth-order valence-electron chi connectivity index (χ4n) is 1.77. The molecule has 0 heterocycles. The summed E-state index contributed by atoms with van der Waals surface area (Å²) >= 11 is 11.4. The van der Waals surface area contributed by atoms with E-state index in [4.69, 9.17) is 23.2 Å². The zero-order valence-electron chi connectivity index (χ0n) is 11.5. The van der Waals surface area contributed by atoms with E-state index in [1.807, 2.05) is 4.72 Å². The first-order chi connectivity index (χ1) is 10.6. The topological polar surface area (TPSA) is 89.3 Å². The van der Waals surface area contributed by atoms with Gasteiger partial charge in [-0.2, -0.15) is 0 Å². The lowest BCUT2D eigenvalue weighted by Gasteiger charge is -2.11. The molecule has 0 fully saturated rings. The molecule has 122 valence electrons. The van der Waals surface area contributed by atoms with E-state index in [9.17, 15) is 22.9 Å². The third-order valence-corrected chi connectivity index (χ3v) is 5.02. The van der Waals surface area contributed by atoms with E-state index in [0.29, 0.717) is 0 Å². The maximum Gasteiger partial charge on any atom is 0.275 e. The highest BCUT2D eigenvalue weighted by Gasteiger charge is 2.23. The first kappa shape index (κ1) is 17.5. The number of benzene rings is 2. The number of sulfonamides is 1. The van der Waals surface area contributed by atoms with Gasteiger partial charge in [-0.3, -0.25) is 14.8 Å². The molecule has 1 N–H and O–H groups in total. The molecular formula is C13H9Cl2FN2O4S. The lowest BCUT2D eigenvalue weighted by atomic mass is 10.2. The second-order valence-electron chi connectivity index (χ2n) is 4.51. The molecule has 2 aromatic carbocycles. The molecule has 0 saturated carbocycles. The van der Waals surface area contributed by atoms with Crippen LogP contribution in [0, 0.1) is 22.9 Å². The molecule has 0 radical (unpaired) electrons. The summed E-state index contributed by atoms with van der Waals surface area (Å²) in [7, 11) is -4.29. The van der Waals surface area contributed by atoms with Gasteiger partial charge in [0.1, 0.15) is 0 Å². The standard InChI is InChI=1S/C13H9Cl2FN2O4S/c1-7-10(15)5-8(6-12(7)18(19)20)23(21,22)17-11-4-2-3-9(14)13(11)16/h2-6,17H,1H3. The molecule has 0 bridgehead atoms. The highest BCUT2D eigenvalue weighted by atomic mass is 35.5. The summed E-state index contributed by atoms with van der Waals surface area (Å²) in [6.45, 7) is 1.39. The molecular weight excluding hydrogens is 370 g/mol. The van der Waals surface area contributed by atoms with E-state index in [1.165, 1.54) is 25.1 Å². The number of nitro groups is 1. The Morgan fingerprint density at radius 3 is 2.48 bits per heavy atom. The van der Waals surface area contributed by atoms with Crippen molar-refractivity contribution in [3.8, 4) is 0 Å². The molecule has 0 spiro atoms. The molecule has 2 aromatic rings. The van der Waals surface area contributed by atoms with Crippen molar-refractivity contribution in [1.29, 1.82) is 0 Å². The van der Waals surface area contributed by atoms with Gasteiger partial charge in [0.05, 0.1) is 25.6 Å². The summed E-state index contributed by atoms with van der Waals surface area (Å²) < 4.78 is 40.4. The van der Waals surface area contributed by atoms with Gasteiger partial charge in [-0.1, -0.05) is 29.3 Å². The Labute approximate surface area is 141 Å². The Morgan fingerprint density at radius 2 is 1.87 bits per heavy atom. The number of halogens is 3. The average molecular weight is 379 g/mol. The van der Waals surface area contributed by atoms with Gasteiger partial charge in [-0.05, 0) is 25.1 Å². The lowest BCUT2D eigenvalue weighted by Crippen LogP contribution is -2.14. The third-order valence-electron chi connectivity index (χ3n) is 2.99. The van der Waals surface area contributed by atoms with E-state index < -0.39 is 31.3 Å². The molecule has 0 aromatic heterocycles. The smallest absolute Gasteiger partial charge is 0.275 e. The van der Waals surface area contributed by atoms with E-state index in [1.54, 1.807) is 0 Å². The monoisotopic (exact) mass is 378 g/mol. The first-order valence-electron chi connectivity index (χ1n) is 6.05. The summed E-state index contributed by atoms with van der Waals surface area (Å²) in [4.78, 5) is 9.76. The molecule has 10 heteroatoms. The summed E-state index contributed by atoms with van der Waals surface area (Å²) in [6, 6.07) is 5.68. The molecule has 0 aliphatic heterocycles. The van der Waals surface area contributed by atoms with Crippen molar-refractivity contribution >= 4 is 44.6 Å². The fraction of sp³-hybridized carbons (Fsp3) is 0.0769. The Kier molecular flexibility index (Phi) is 4.79. The third kappa shape index (κ3) is 3.54. The number of nitrogens with one attached hydrogen (secondary N) is 1. The maximum atomic E-state index is 13.8. The van der Waals surface area contributed by atoms with Crippen LogP contribution in [0.3, 0.4) is 0 Å². The van der Waals surface area contributed by atoms with Gasteiger partial charge >= 0.3 is 0 Å². The van der Waals surface area contributed by atoms with Crippen molar-refractivity contribution in [3.05, 3.63) is 61.9 Å². The van der Waals surface area contributed by atoms with Crippen LogP contribution in [0.4, 0.5) is 15.8 Å². The van der Waals surface area contributed by atoms with Crippen LogP contribution in [0.2, 0.25) is 10.0 Å². The number of nitrogens with zero attached hydrogens (tertiary/aromatic N) is 1. The molecule has 0 saturated heterocycles. The zero-order chi connectivity index (χ0) is 17.4. The van der Waals surface area contributed by atoms with Gasteiger partial charge < -0.3 is 0 Å². The number of hydrogen-bond donors (Lipinski definition) is 1. The Balaban J connectivity index is 2.52. The van der Waals surface area contributed by atoms with Gasteiger partial charge in [0, 0.05) is 11.6 Å². The molecule has 0 amide bonds. The highest BCUT2D eigenvalue weighted by Crippen LogP contribution is 2.31. The minimum Gasteiger partial charge on any atom is -0.277 e. The van der Waals surface area contributed by atoms with Gasteiger partial charge in [-0.15, -0.1) is 0 Å². The van der Waals surface area contributed by atoms with Gasteiger partial charge in [0.15, 0.2) is 5.82 Å². The highest BCUT2D eigenvalue weighted by molar-refractivity contribution is 7.92. The van der Waals surface area contributed by atoms with Gasteiger partial charge in [-0.25, -0.2) is 12.8 Å². The van der Waals surface area contributed by atoms with Crippen molar-refractivity contribution in [2.45, 2.75) is 11.8 Å². The second kappa shape index (κ2) is 6.31. The van der Waals surface area contributed by atoms with Crippen LogP contribution in [0.1, 0.15) is 5.56 Å². The van der Waals surface area contributed by atoms with Crippen LogP contribution in [-0.4, -0.2) is 13.3 Å². The minimum absolute atomic E-state index is 0.0915. The van der Waals surface area contributed by atoms with Crippen LogP contribution in [-0.2, 0) is 10.0 Å². The van der Waals surface area contributed by atoms with E-state index >= 15 is 0 Å². The van der Waals surface area contributed by atoms with Crippen LogP contribution < -0.4 is 4.72 Å². The van der Waals surface area contributed by atoms with E-state index in [2.05, 4.69) is 0 Å². The molecule has 23 heavy (non-hydrogen) atoms. The number of hydrogen-bond acceptors (Lipinski definition) is 4. The quantitative estimate of drug-likeness (QED) is 0.638. The van der Waals surface area contributed by atoms with Crippen LogP contribution in [0.5, 0.6) is 0 Å². The summed E-state index contributed by atoms with van der Waals surface area (Å²) in [6.07, 6.45) is 0. The molecule has 2 rings (SSSR count). The average Bonchev–Trinajstić information content (AvgIpc) is 2.46. The summed E-state index contributed by atoms with van der Waals surface area (Å²) in [5.74, 6) is -0.953. The fourth-order valence-corrected chi connectivity index (χ4v) is 3.33. The van der Waals surface area contributed by atoms with E-state index in [-0.39, 0.29) is 21.3 Å². The Morgan fingerprint density at radius 1 is 1.22 bits per heavy atom. The van der Waals surface area contributed by atoms with Crippen LogP contribution in [0.25, 0.3) is 0 Å². The number of rotatable bonds is 4. The SMILES string of the molecule is Cc1c(Cl)cc(S(=O)(=O)Nc2cccc(Cl)c2F)cc1[N+](=O)[O-].